The maximum atomic E-state index is 12.7. The van der Waals surface area contributed by atoms with Crippen LogP contribution in [0.1, 0.15) is 17.2 Å². The number of aryl methyl sites for hydroxylation is 1. The number of rotatable bonds is 6. The Morgan fingerprint density at radius 1 is 1.11 bits per heavy atom. The van der Waals surface area contributed by atoms with E-state index in [-0.39, 0.29) is 22.5 Å². The van der Waals surface area contributed by atoms with Crippen molar-refractivity contribution in [1.82, 2.24) is 9.62 Å². The van der Waals surface area contributed by atoms with Crippen LogP contribution in [0, 0.1) is 6.92 Å². The molecule has 0 aliphatic carbocycles. The summed E-state index contributed by atoms with van der Waals surface area (Å²) in [6.07, 6.45) is 0. The van der Waals surface area contributed by atoms with E-state index in [0.29, 0.717) is 18.2 Å². The molecular weight excluding hydrogens is 407 g/mol. The molecule has 0 saturated carbocycles. The number of ether oxygens (including phenoxy) is 1. The largest absolute Gasteiger partial charge is 0.379 e. The molecule has 27 heavy (non-hydrogen) atoms. The first kappa shape index (κ1) is 20.6. The molecule has 0 bridgehead atoms. The molecule has 0 radical (unpaired) electrons. The number of nitrogens with one attached hydrogen (secondary N) is 1. The highest BCUT2D eigenvalue weighted by atomic mass is 35.5. The first-order valence-electron chi connectivity index (χ1n) is 8.70. The lowest BCUT2D eigenvalue weighted by Crippen LogP contribution is -2.43. The van der Waals surface area contributed by atoms with Crippen molar-refractivity contribution in [2.45, 2.75) is 17.9 Å². The summed E-state index contributed by atoms with van der Waals surface area (Å²) in [4.78, 5) is 2.34. The molecule has 1 heterocycles. The molecule has 2 aromatic carbocycles. The first-order valence-corrected chi connectivity index (χ1v) is 10.9. The van der Waals surface area contributed by atoms with Gasteiger partial charge in [0.05, 0.1) is 28.2 Å². The molecule has 0 aromatic heterocycles. The van der Waals surface area contributed by atoms with Crippen molar-refractivity contribution in [3.8, 4) is 0 Å². The van der Waals surface area contributed by atoms with Crippen LogP contribution in [0.4, 0.5) is 0 Å². The van der Waals surface area contributed by atoms with Crippen LogP contribution in [0.3, 0.4) is 0 Å². The molecule has 8 heteroatoms. The minimum atomic E-state index is -3.70. The van der Waals surface area contributed by atoms with Crippen molar-refractivity contribution in [3.63, 3.8) is 0 Å². The van der Waals surface area contributed by atoms with Gasteiger partial charge in [-0.1, -0.05) is 53.0 Å². The molecule has 2 aromatic rings. The molecule has 1 unspecified atom stereocenters. The number of sulfonamides is 1. The minimum Gasteiger partial charge on any atom is -0.379 e. The summed E-state index contributed by atoms with van der Waals surface area (Å²) in [7, 11) is -3.70. The predicted octanol–water partition coefficient (Wildman–Crippen LogP) is 3.65. The van der Waals surface area contributed by atoms with Crippen LogP contribution in [-0.4, -0.2) is 46.2 Å². The Kier molecular flexibility index (Phi) is 6.78. The van der Waals surface area contributed by atoms with Crippen molar-refractivity contribution in [2.75, 3.05) is 32.8 Å². The Morgan fingerprint density at radius 2 is 1.85 bits per heavy atom. The third kappa shape index (κ3) is 5.22. The van der Waals surface area contributed by atoms with E-state index >= 15 is 0 Å². The monoisotopic (exact) mass is 428 g/mol. The Balaban J connectivity index is 1.82. The lowest BCUT2D eigenvalue weighted by Gasteiger charge is -2.35. The molecule has 1 saturated heterocycles. The zero-order valence-corrected chi connectivity index (χ0v) is 17.3. The van der Waals surface area contributed by atoms with Crippen LogP contribution in [0.2, 0.25) is 10.0 Å². The Labute approximate surface area is 170 Å². The summed E-state index contributed by atoms with van der Waals surface area (Å²) < 4.78 is 33.6. The molecule has 0 spiro atoms. The normalized spacial score (nSPS) is 17.0. The predicted molar refractivity (Wildman–Crippen MR) is 108 cm³/mol. The molecule has 1 aliphatic heterocycles. The summed E-state index contributed by atoms with van der Waals surface area (Å²) in [5, 5.41) is 0.532. The fraction of sp³-hybridized carbons (Fsp3) is 0.368. The second-order valence-electron chi connectivity index (χ2n) is 6.51. The van der Waals surface area contributed by atoms with E-state index in [1.807, 2.05) is 25.1 Å². The molecule has 146 valence electrons. The lowest BCUT2D eigenvalue weighted by atomic mass is 10.0. The fourth-order valence-corrected chi connectivity index (χ4v) is 4.57. The highest BCUT2D eigenvalue weighted by Gasteiger charge is 2.25. The molecule has 0 amide bonds. The molecule has 5 nitrogen and oxygen atoms in total. The second-order valence-corrected chi connectivity index (χ2v) is 9.09. The van der Waals surface area contributed by atoms with Gasteiger partial charge in [0.2, 0.25) is 10.0 Å². The van der Waals surface area contributed by atoms with Gasteiger partial charge in [0.1, 0.15) is 0 Å². The van der Waals surface area contributed by atoms with Crippen LogP contribution >= 0.6 is 23.2 Å². The van der Waals surface area contributed by atoms with Gasteiger partial charge in [-0.05, 0) is 30.7 Å². The van der Waals surface area contributed by atoms with Crippen molar-refractivity contribution in [2.24, 2.45) is 0 Å². The zero-order chi connectivity index (χ0) is 19.4. The Hall–Kier alpha value is -1.15. The third-order valence-corrected chi connectivity index (χ3v) is 6.74. The van der Waals surface area contributed by atoms with E-state index < -0.39 is 10.0 Å². The fourth-order valence-electron chi connectivity index (χ4n) is 3.14. The first-order chi connectivity index (χ1) is 12.9. The van der Waals surface area contributed by atoms with E-state index in [1.54, 1.807) is 0 Å². The van der Waals surface area contributed by atoms with Crippen molar-refractivity contribution >= 4 is 33.2 Å². The van der Waals surface area contributed by atoms with Gasteiger partial charge in [0.25, 0.3) is 0 Å². The average molecular weight is 429 g/mol. The number of hydrogen-bond donors (Lipinski definition) is 1. The van der Waals surface area contributed by atoms with Gasteiger partial charge in [0.15, 0.2) is 0 Å². The van der Waals surface area contributed by atoms with Crippen molar-refractivity contribution < 1.29 is 13.2 Å². The number of morpholine rings is 1. The maximum Gasteiger partial charge on any atom is 0.240 e. The van der Waals surface area contributed by atoms with Crippen LogP contribution in [0.25, 0.3) is 0 Å². The molecular formula is C19H22Cl2N2O3S. The van der Waals surface area contributed by atoms with Gasteiger partial charge < -0.3 is 4.74 Å². The smallest absolute Gasteiger partial charge is 0.240 e. The third-order valence-electron chi connectivity index (χ3n) is 4.58. The van der Waals surface area contributed by atoms with Crippen LogP contribution < -0.4 is 4.72 Å². The lowest BCUT2D eigenvalue weighted by molar-refractivity contribution is 0.0172. The number of nitrogens with zero attached hydrogens (tertiary/aromatic N) is 1. The van der Waals surface area contributed by atoms with Gasteiger partial charge in [-0.25, -0.2) is 13.1 Å². The van der Waals surface area contributed by atoms with Gasteiger partial charge in [-0.2, -0.15) is 0 Å². The molecule has 1 atom stereocenters. The number of halogens is 2. The summed E-state index contributed by atoms with van der Waals surface area (Å²) >= 11 is 11.9. The average Bonchev–Trinajstić information content (AvgIpc) is 2.65. The standard InChI is InChI=1S/C19H22Cl2N2O3S/c1-14-3-2-4-15(11-14)19(23-7-9-26-10-8-23)13-22-27(24,25)16-5-6-17(20)18(21)12-16/h2-6,11-12,19,22H,7-10,13H2,1H3. The topological polar surface area (TPSA) is 58.6 Å². The highest BCUT2D eigenvalue weighted by molar-refractivity contribution is 7.89. The molecule has 1 aliphatic rings. The van der Waals surface area contributed by atoms with E-state index in [4.69, 9.17) is 27.9 Å². The van der Waals surface area contributed by atoms with Gasteiger partial charge in [0, 0.05) is 25.7 Å². The van der Waals surface area contributed by atoms with E-state index in [1.165, 1.54) is 18.2 Å². The van der Waals surface area contributed by atoms with Gasteiger partial charge in [-0.15, -0.1) is 0 Å². The summed E-state index contributed by atoms with van der Waals surface area (Å²) in [6.45, 7) is 5.08. The second kappa shape index (κ2) is 8.90. The van der Waals surface area contributed by atoms with E-state index in [2.05, 4.69) is 15.7 Å². The highest BCUT2D eigenvalue weighted by Crippen LogP contribution is 2.26. The van der Waals surface area contributed by atoms with E-state index in [9.17, 15) is 8.42 Å². The molecule has 1 N–H and O–H groups in total. The van der Waals surface area contributed by atoms with Crippen LogP contribution in [0.15, 0.2) is 47.4 Å². The zero-order valence-electron chi connectivity index (χ0n) is 15.0. The minimum absolute atomic E-state index is 0.0775. The summed E-state index contributed by atoms with van der Waals surface area (Å²) in [5.74, 6) is 0. The van der Waals surface area contributed by atoms with Crippen molar-refractivity contribution in [1.29, 1.82) is 0 Å². The molecule has 3 rings (SSSR count). The van der Waals surface area contributed by atoms with Gasteiger partial charge in [-0.3, -0.25) is 4.90 Å². The van der Waals surface area contributed by atoms with Gasteiger partial charge >= 0.3 is 0 Å². The maximum absolute atomic E-state index is 12.7. The van der Waals surface area contributed by atoms with E-state index in [0.717, 1.165) is 24.2 Å². The number of hydrogen-bond acceptors (Lipinski definition) is 4. The van der Waals surface area contributed by atoms with Crippen LogP contribution in [-0.2, 0) is 14.8 Å². The summed E-state index contributed by atoms with van der Waals surface area (Å²) in [5.41, 5.74) is 2.21. The Morgan fingerprint density at radius 3 is 2.52 bits per heavy atom. The SMILES string of the molecule is Cc1cccc(C(CNS(=O)(=O)c2ccc(Cl)c(Cl)c2)N2CCOCC2)c1. The quantitative estimate of drug-likeness (QED) is 0.762. The number of benzene rings is 2. The molecule has 1 fully saturated rings. The van der Waals surface area contributed by atoms with Crippen LogP contribution in [0.5, 0.6) is 0 Å². The van der Waals surface area contributed by atoms with Crippen molar-refractivity contribution in [3.05, 3.63) is 63.6 Å². The summed E-state index contributed by atoms with van der Waals surface area (Å²) in [6, 6.07) is 12.4. The Bertz CT molecular complexity index is 900.